The van der Waals surface area contributed by atoms with Crippen molar-refractivity contribution in [1.29, 1.82) is 0 Å². The van der Waals surface area contributed by atoms with Crippen LogP contribution in [-0.2, 0) is 12.8 Å². The topological polar surface area (TPSA) is 15.7 Å². The lowest BCUT2D eigenvalue weighted by atomic mass is 10.0. The van der Waals surface area contributed by atoms with E-state index >= 15 is 0 Å². The van der Waals surface area contributed by atoms with E-state index in [4.69, 9.17) is 16.3 Å². The van der Waals surface area contributed by atoms with Crippen LogP contribution < -0.4 is 14.5 Å². The van der Waals surface area contributed by atoms with Crippen molar-refractivity contribution >= 4 is 23.0 Å². The minimum atomic E-state index is 0.829. The fraction of sp³-hybridized carbons (Fsp3) is 0.314. The van der Waals surface area contributed by atoms with E-state index in [2.05, 4.69) is 104 Å². The van der Waals surface area contributed by atoms with Gasteiger partial charge in [-0.15, -0.1) is 0 Å². The van der Waals surface area contributed by atoms with E-state index in [0.29, 0.717) is 0 Å². The molecule has 39 heavy (non-hydrogen) atoms. The molecule has 4 heteroatoms. The Morgan fingerprint density at radius 3 is 1.54 bits per heavy atom. The van der Waals surface area contributed by atoms with Crippen LogP contribution in [-0.4, -0.2) is 33.3 Å². The molecule has 4 aromatic carbocycles. The molecule has 0 bridgehead atoms. The van der Waals surface area contributed by atoms with Gasteiger partial charge in [0.2, 0.25) is 0 Å². The highest BCUT2D eigenvalue weighted by Gasteiger charge is 2.21. The molecule has 0 unspecified atom stereocenters. The van der Waals surface area contributed by atoms with Crippen molar-refractivity contribution < 1.29 is 4.74 Å². The molecule has 202 valence electrons. The van der Waals surface area contributed by atoms with E-state index in [1.807, 2.05) is 6.07 Å². The summed E-state index contributed by atoms with van der Waals surface area (Å²) in [5.74, 6) is 0.945. The Hall–Kier alpha value is -3.43. The number of fused-ring (bicyclic) bond motifs is 6. The van der Waals surface area contributed by atoms with E-state index in [0.717, 1.165) is 49.8 Å². The Morgan fingerprint density at radius 1 is 0.564 bits per heavy atom. The van der Waals surface area contributed by atoms with Gasteiger partial charge in [-0.2, -0.15) is 0 Å². The van der Waals surface area contributed by atoms with Gasteiger partial charge < -0.3 is 14.5 Å². The maximum absolute atomic E-state index is 6.08. The van der Waals surface area contributed by atoms with Crippen molar-refractivity contribution in [2.24, 2.45) is 0 Å². The Balaban J connectivity index is 0.000000158. The summed E-state index contributed by atoms with van der Waals surface area (Å²) >= 11 is 6.08. The average Bonchev–Trinajstić information content (AvgIpc) is 3.51. The van der Waals surface area contributed by atoms with Crippen LogP contribution in [0, 0.1) is 0 Å². The lowest BCUT2D eigenvalue weighted by molar-refractivity contribution is 0.414. The van der Waals surface area contributed by atoms with Gasteiger partial charge in [0.1, 0.15) is 5.75 Å². The number of anilines is 2. The van der Waals surface area contributed by atoms with Gasteiger partial charge in [0.05, 0.1) is 7.11 Å². The third-order valence-electron chi connectivity index (χ3n) is 8.17. The molecule has 2 aliphatic carbocycles. The number of methoxy groups -OCH3 is 1. The van der Waals surface area contributed by atoms with Crippen molar-refractivity contribution in [2.75, 3.05) is 43.1 Å². The number of hydrogen-bond acceptors (Lipinski definition) is 3. The molecule has 0 amide bonds. The zero-order chi connectivity index (χ0) is 27.5. The third-order valence-corrected chi connectivity index (χ3v) is 8.40. The molecule has 2 aliphatic rings. The van der Waals surface area contributed by atoms with Crippen molar-refractivity contribution in [3.05, 3.63) is 100 Å². The molecule has 0 saturated heterocycles. The van der Waals surface area contributed by atoms with Crippen molar-refractivity contribution in [3.63, 3.8) is 0 Å². The van der Waals surface area contributed by atoms with Crippen LogP contribution in [0.3, 0.4) is 0 Å². The van der Waals surface area contributed by atoms with Crippen LogP contribution in [0.25, 0.3) is 22.3 Å². The molecule has 0 atom stereocenters. The first-order valence-electron chi connectivity index (χ1n) is 14.2. The molecule has 0 N–H and O–H groups in total. The normalized spacial score (nSPS) is 12.1. The second kappa shape index (κ2) is 11.8. The Labute approximate surface area is 239 Å². The lowest BCUT2D eigenvalue weighted by Crippen LogP contribution is -2.21. The highest BCUT2D eigenvalue weighted by Crippen LogP contribution is 2.41. The van der Waals surface area contributed by atoms with Gasteiger partial charge >= 0.3 is 0 Å². The second-order valence-corrected chi connectivity index (χ2v) is 10.6. The van der Waals surface area contributed by atoms with E-state index in [1.54, 1.807) is 7.11 Å². The average molecular weight is 539 g/mol. The van der Waals surface area contributed by atoms with Crippen molar-refractivity contribution in [2.45, 2.75) is 40.5 Å². The zero-order valence-electron chi connectivity index (χ0n) is 23.9. The summed E-state index contributed by atoms with van der Waals surface area (Å²) in [7, 11) is 1.72. The highest BCUT2D eigenvalue weighted by atomic mass is 35.5. The summed E-state index contributed by atoms with van der Waals surface area (Å²) in [6, 6.07) is 26.3. The zero-order valence-corrected chi connectivity index (χ0v) is 24.6. The van der Waals surface area contributed by atoms with E-state index in [-0.39, 0.29) is 0 Å². The van der Waals surface area contributed by atoms with Crippen molar-refractivity contribution in [3.8, 4) is 28.0 Å². The summed E-state index contributed by atoms with van der Waals surface area (Å²) in [6.45, 7) is 13.0. The molecule has 0 radical (unpaired) electrons. The van der Waals surface area contributed by atoms with Crippen LogP contribution in [0.4, 0.5) is 11.4 Å². The number of nitrogens with zero attached hydrogens (tertiary/aromatic N) is 2. The number of halogens is 1. The lowest BCUT2D eigenvalue weighted by Gasteiger charge is -2.21. The van der Waals surface area contributed by atoms with Gasteiger partial charge in [0, 0.05) is 42.6 Å². The molecule has 0 heterocycles. The third kappa shape index (κ3) is 5.38. The summed E-state index contributed by atoms with van der Waals surface area (Å²) in [5, 5.41) is 0.829. The first-order valence-corrected chi connectivity index (χ1v) is 14.6. The summed E-state index contributed by atoms with van der Waals surface area (Å²) in [6.07, 6.45) is 2.02. The minimum Gasteiger partial charge on any atom is -0.497 e. The van der Waals surface area contributed by atoms with Crippen LogP contribution in [0.15, 0.2) is 72.8 Å². The van der Waals surface area contributed by atoms with Gasteiger partial charge in [-0.3, -0.25) is 0 Å². The maximum atomic E-state index is 6.08. The smallest absolute Gasteiger partial charge is 0.119 e. The molecule has 3 nitrogen and oxygen atoms in total. The monoisotopic (exact) mass is 538 g/mol. The van der Waals surface area contributed by atoms with Crippen molar-refractivity contribution in [1.82, 2.24) is 0 Å². The van der Waals surface area contributed by atoms with Gasteiger partial charge in [-0.25, -0.2) is 0 Å². The van der Waals surface area contributed by atoms with Crippen LogP contribution in [0.1, 0.15) is 49.9 Å². The first-order chi connectivity index (χ1) is 19.0. The molecule has 0 fully saturated rings. The van der Waals surface area contributed by atoms with Crippen LogP contribution in [0.5, 0.6) is 5.75 Å². The highest BCUT2D eigenvalue weighted by molar-refractivity contribution is 6.30. The molecular weight excluding hydrogens is 500 g/mol. The van der Waals surface area contributed by atoms with Gasteiger partial charge in [0.25, 0.3) is 0 Å². The summed E-state index contributed by atoms with van der Waals surface area (Å²) in [4.78, 5) is 4.77. The molecular formula is C35H39ClN2O. The maximum Gasteiger partial charge on any atom is 0.119 e. The van der Waals surface area contributed by atoms with Gasteiger partial charge in [-0.1, -0.05) is 35.9 Å². The quantitative estimate of drug-likeness (QED) is 0.202. The van der Waals surface area contributed by atoms with Gasteiger partial charge in [-0.05, 0) is 134 Å². The van der Waals surface area contributed by atoms with Gasteiger partial charge in [0.15, 0.2) is 0 Å². The Morgan fingerprint density at radius 2 is 1.05 bits per heavy atom. The number of hydrogen-bond donors (Lipinski definition) is 0. The van der Waals surface area contributed by atoms with Crippen LogP contribution in [0.2, 0.25) is 5.02 Å². The SMILES string of the molecule is CCN(CC)c1ccc2c(c1)-c1ccc(Cl)cc1C2.CCN(CC)c1ccc2c(c1)-c1ccc(OC)cc1C2. The number of ether oxygens (including phenoxy) is 1. The minimum absolute atomic E-state index is 0.829. The second-order valence-electron chi connectivity index (χ2n) is 10.2. The Bertz CT molecular complexity index is 1470. The molecule has 0 saturated carbocycles. The largest absolute Gasteiger partial charge is 0.497 e. The van der Waals surface area contributed by atoms with E-state index in [9.17, 15) is 0 Å². The number of benzene rings is 4. The standard InChI is InChI=1S/C18H21NO.C17H18ClN/c1-4-19(5-2)15-7-6-13-10-14-11-16(20-3)8-9-17(14)18(13)12-15;1-3-19(4-2)15-7-5-12-9-13-10-14(18)6-8-16(13)17(12)11-15/h6-9,11-12H,4-5,10H2,1-3H3;5-8,10-11H,3-4,9H2,1-2H3. The predicted octanol–water partition coefficient (Wildman–Crippen LogP) is 8.87. The Kier molecular flexibility index (Phi) is 8.18. The molecule has 0 aliphatic heterocycles. The van der Waals surface area contributed by atoms with E-state index in [1.165, 1.54) is 55.9 Å². The molecule has 4 aromatic rings. The fourth-order valence-corrected chi connectivity index (χ4v) is 6.19. The molecule has 6 rings (SSSR count). The summed E-state index contributed by atoms with van der Waals surface area (Å²) in [5.41, 5.74) is 13.6. The predicted molar refractivity (Wildman–Crippen MR) is 168 cm³/mol. The number of rotatable bonds is 7. The van der Waals surface area contributed by atoms with E-state index < -0.39 is 0 Å². The molecule has 0 spiro atoms. The molecule has 0 aromatic heterocycles. The fourth-order valence-electron chi connectivity index (χ4n) is 6.00. The first kappa shape index (κ1) is 27.1. The van der Waals surface area contributed by atoms with Crippen LogP contribution >= 0.6 is 11.6 Å². The summed E-state index contributed by atoms with van der Waals surface area (Å²) < 4.78 is 5.33.